The highest BCUT2D eigenvalue weighted by Gasteiger charge is 2.22. The molecule has 0 saturated heterocycles. The summed E-state index contributed by atoms with van der Waals surface area (Å²) in [5, 5.41) is 20.3. The van der Waals surface area contributed by atoms with E-state index in [2.05, 4.69) is 32.6 Å². The summed E-state index contributed by atoms with van der Waals surface area (Å²) in [4.78, 5) is 8.74. The SMILES string of the molecule is CCc1nc2n(n1)CC(NC(=NC)NCc1ccc(O)c(F)c1)CC2. The maximum absolute atomic E-state index is 13.4. The van der Waals surface area contributed by atoms with Crippen molar-refractivity contribution in [3.05, 3.63) is 41.2 Å². The van der Waals surface area contributed by atoms with E-state index >= 15 is 0 Å². The number of aromatic hydroxyl groups is 1. The van der Waals surface area contributed by atoms with Crippen LogP contribution in [0.25, 0.3) is 0 Å². The van der Waals surface area contributed by atoms with Crippen LogP contribution in [0.1, 0.15) is 30.6 Å². The van der Waals surface area contributed by atoms with Crippen LogP contribution in [0.15, 0.2) is 23.2 Å². The van der Waals surface area contributed by atoms with Crippen LogP contribution in [0.5, 0.6) is 5.75 Å². The molecule has 8 heteroatoms. The summed E-state index contributed by atoms with van der Waals surface area (Å²) in [5.41, 5.74) is 0.730. The number of halogens is 1. The van der Waals surface area contributed by atoms with Crippen molar-refractivity contribution in [2.75, 3.05) is 7.05 Å². The largest absolute Gasteiger partial charge is 0.505 e. The topological polar surface area (TPSA) is 87.4 Å². The van der Waals surface area contributed by atoms with Gasteiger partial charge in [0.1, 0.15) is 5.82 Å². The first-order valence-electron chi connectivity index (χ1n) is 8.46. The Morgan fingerprint density at radius 2 is 2.32 bits per heavy atom. The quantitative estimate of drug-likeness (QED) is 0.575. The highest BCUT2D eigenvalue weighted by atomic mass is 19.1. The highest BCUT2D eigenvalue weighted by Crippen LogP contribution is 2.16. The van der Waals surface area contributed by atoms with E-state index in [1.165, 1.54) is 12.1 Å². The minimum Gasteiger partial charge on any atom is -0.505 e. The second-order valence-electron chi connectivity index (χ2n) is 6.07. The van der Waals surface area contributed by atoms with Gasteiger partial charge in [0, 0.05) is 32.5 Å². The van der Waals surface area contributed by atoms with Crippen LogP contribution in [0.3, 0.4) is 0 Å². The lowest BCUT2D eigenvalue weighted by molar-refractivity contribution is 0.392. The summed E-state index contributed by atoms with van der Waals surface area (Å²) >= 11 is 0. The first-order valence-corrected chi connectivity index (χ1v) is 8.46. The first kappa shape index (κ1) is 17.2. The number of hydrogen-bond acceptors (Lipinski definition) is 4. The number of rotatable bonds is 4. The molecule has 1 aromatic heterocycles. The monoisotopic (exact) mass is 346 g/mol. The van der Waals surface area contributed by atoms with Crippen LogP contribution in [0.4, 0.5) is 4.39 Å². The maximum Gasteiger partial charge on any atom is 0.191 e. The second kappa shape index (κ2) is 7.50. The lowest BCUT2D eigenvalue weighted by Crippen LogP contribution is -2.46. The van der Waals surface area contributed by atoms with Crippen LogP contribution in [-0.4, -0.2) is 38.9 Å². The van der Waals surface area contributed by atoms with Gasteiger partial charge in [-0.3, -0.25) is 4.99 Å². The summed E-state index contributed by atoms with van der Waals surface area (Å²) < 4.78 is 15.4. The Hall–Kier alpha value is -2.64. The third-order valence-electron chi connectivity index (χ3n) is 4.25. The molecule has 3 rings (SSSR count). The summed E-state index contributed by atoms with van der Waals surface area (Å²) in [5.74, 6) is 1.60. The fraction of sp³-hybridized carbons (Fsp3) is 0.471. The van der Waals surface area contributed by atoms with Gasteiger partial charge in [-0.15, -0.1) is 0 Å². The van der Waals surface area contributed by atoms with E-state index in [1.807, 2.05) is 4.68 Å². The van der Waals surface area contributed by atoms with Crippen LogP contribution < -0.4 is 10.6 Å². The minimum atomic E-state index is -0.625. The molecule has 0 spiro atoms. The third-order valence-corrected chi connectivity index (χ3v) is 4.25. The van der Waals surface area contributed by atoms with Gasteiger partial charge in [-0.25, -0.2) is 14.1 Å². The molecule has 0 aliphatic carbocycles. The van der Waals surface area contributed by atoms with E-state index in [9.17, 15) is 9.50 Å². The van der Waals surface area contributed by atoms with Crippen LogP contribution >= 0.6 is 0 Å². The number of nitrogens with one attached hydrogen (secondary N) is 2. The molecule has 0 fully saturated rings. The van der Waals surface area contributed by atoms with Crippen molar-refractivity contribution in [1.29, 1.82) is 0 Å². The Bertz CT molecular complexity index is 772. The Labute approximate surface area is 146 Å². The van der Waals surface area contributed by atoms with E-state index in [0.29, 0.717) is 12.5 Å². The van der Waals surface area contributed by atoms with Crippen molar-refractivity contribution in [2.45, 2.75) is 45.3 Å². The van der Waals surface area contributed by atoms with Crippen LogP contribution in [0.2, 0.25) is 0 Å². The Balaban J connectivity index is 1.56. The summed E-state index contributed by atoms with van der Waals surface area (Å²) in [6.07, 6.45) is 2.67. The summed E-state index contributed by atoms with van der Waals surface area (Å²) in [7, 11) is 1.70. The van der Waals surface area contributed by atoms with Gasteiger partial charge in [0.15, 0.2) is 23.4 Å². The minimum absolute atomic E-state index is 0.210. The predicted octanol–water partition coefficient (Wildman–Crippen LogP) is 1.37. The Morgan fingerprint density at radius 3 is 3.04 bits per heavy atom. The molecule has 1 aliphatic rings. The lowest BCUT2D eigenvalue weighted by Gasteiger charge is -2.25. The van der Waals surface area contributed by atoms with Gasteiger partial charge in [-0.05, 0) is 24.1 Å². The van der Waals surface area contributed by atoms with E-state index in [-0.39, 0.29) is 11.8 Å². The van der Waals surface area contributed by atoms with Crippen molar-refractivity contribution >= 4 is 5.96 Å². The average Bonchev–Trinajstić information content (AvgIpc) is 3.03. The molecular formula is C17H23FN6O. The molecule has 0 bridgehead atoms. The van der Waals surface area contributed by atoms with Gasteiger partial charge in [0.25, 0.3) is 0 Å². The molecule has 1 atom stereocenters. The fourth-order valence-electron chi connectivity index (χ4n) is 2.86. The van der Waals surface area contributed by atoms with E-state index in [1.54, 1.807) is 13.1 Å². The van der Waals surface area contributed by atoms with E-state index in [4.69, 9.17) is 0 Å². The molecule has 2 aromatic rings. The molecule has 3 N–H and O–H groups in total. The number of aromatic nitrogens is 3. The standard InChI is InChI=1S/C17H23FN6O/c1-3-15-22-16-7-5-12(10-24(16)23-15)21-17(19-2)20-9-11-4-6-14(25)13(18)8-11/h4,6,8,12,25H,3,5,7,9-10H2,1-2H3,(H2,19,20,21). The highest BCUT2D eigenvalue weighted by molar-refractivity contribution is 5.79. The molecule has 1 unspecified atom stereocenters. The number of hydrogen-bond donors (Lipinski definition) is 3. The van der Waals surface area contributed by atoms with Gasteiger partial charge < -0.3 is 15.7 Å². The number of phenolic OH excluding ortho intramolecular Hbond substituents is 1. The normalized spacial score (nSPS) is 17.2. The molecule has 0 saturated carbocycles. The zero-order chi connectivity index (χ0) is 17.8. The number of aliphatic imine (C=N–C) groups is 1. The Kier molecular flexibility index (Phi) is 5.16. The van der Waals surface area contributed by atoms with Crippen molar-refractivity contribution in [3.8, 4) is 5.75 Å². The number of guanidine groups is 1. The molecule has 1 aromatic carbocycles. The van der Waals surface area contributed by atoms with Crippen molar-refractivity contribution < 1.29 is 9.50 Å². The number of nitrogens with zero attached hydrogens (tertiary/aromatic N) is 4. The number of benzene rings is 1. The summed E-state index contributed by atoms with van der Waals surface area (Å²) in [6.45, 7) is 3.21. The zero-order valence-electron chi connectivity index (χ0n) is 14.5. The third kappa shape index (κ3) is 4.07. The van der Waals surface area contributed by atoms with Gasteiger partial charge in [-0.2, -0.15) is 5.10 Å². The van der Waals surface area contributed by atoms with E-state index < -0.39 is 5.82 Å². The second-order valence-corrected chi connectivity index (χ2v) is 6.07. The lowest BCUT2D eigenvalue weighted by atomic mass is 10.1. The fourth-order valence-corrected chi connectivity index (χ4v) is 2.86. The number of aryl methyl sites for hydroxylation is 2. The van der Waals surface area contributed by atoms with Crippen LogP contribution in [-0.2, 0) is 25.9 Å². The van der Waals surface area contributed by atoms with Crippen LogP contribution in [0, 0.1) is 5.82 Å². The van der Waals surface area contributed by atoms with Gasteiger partial charge in [0.05, 0.1) is 6.54 Å². The maximum atomic E-state index is 13.4. The molecule has 0 radical (unpaired) electrons. The molecule has 134 valence electrons. The first-order chi connectivity index (χ1) is 12.1. The smallest absolute Gasteiger partial charge is 0.191 e. The van der Waals surface area contributed by atoms with Crippen molar-refractivity contribution in [2.24, 2.45) is 4.99 Å². The molecule has 1 aliphatic heterocycles. The number of fused-ring (bicyclic) bond motifs is 1. The predicted molar refractivity (Wildman–Crippen MR) is 92.9 cm³/mol. The Morgan fingerprint density at radius 1 is 1.48 bits per heavy atom. The zero-order valence-corrected chi connectivity index (χ0v) is 14.5. The average molecular weight is 346 g/mol. The van der Waals surface area contributed by atoms with E-state index in [0.717, 1.165) is 43.0 Å². The van der Waals surface area contributed by atoms with Crippen molar-refractivity contribution in [1.82, 2.24) is 25.4 Å². The number of phenols is 1. The molecular weight excluding hydrogens is 323 g/mol. The van der Waals surface area contributed by atoms with Gasteiger partial charge in [0.2, 0.25) is 0 Å². The molecule has 25 heavy (non-hydrogen) atoms. The molecule has 0 amide bonds. The summed E-state index contributed by atoms with van der Waals surface area (Å²) in [6, 6.07) is 4.54. The van der Waals surface area contributed by atoms with Gasteiger partial charge in [-0.1, -0.05) is 13.0 Å². The molecule has 2 heterocycles. The molecule has 7 nitrogen and oxygen atoms in total. The van der Waals surface area contributed by atoms with Gasteiger partial charge >= 0.3 is 0 Å². The van der Waals surface area contributed by atoms with Crippen molar-refractivity contribution in [3.63, 3.8) is 0 Å².